The third-order valence-corrected chi connectivity index (χ3v) is 5.76. The van der Waals surface area contributed by atoms with Crippen molar-refractivity contribution in [2.24, 2.45) is 0 Å². The Morgan fingerprint density at radius 1 is 1.08 bits per heavy atom. The Labute approximate surface area is 158 Å². The smallest absolute Gasteiger partial charge is 0.243 e. The summed E-state index contributed by atoms with van der Waals surface area (Å²) in [5, 5.41) is 3.13. The van der Waals surface area contributed by atoms with E-state index in [1.54, 1.807) is 31.2 Å². The summed E-state index contributed by atoms with van der Waals surface area (Å²) in [6.07, 6.45) is 0. The van der Waals surface area contributed by atoms with Crippen molar-refractivity contribution >= 4 is 33.2 Å². The monoisotopic (exact) mass is 396 g/mol. The number of benzene rings is 2. The number of amides is 1. The molecular weight excluding hydrogens is 376 g/mol. The van der Waals surface area contributed by atoms with Crippen LogP contribution in [0.25, 0.3) is 0 Å². The van der Waals surface area contributed by atoms with E-state index in [2.05, 4.69) is 5.32 Å². The molecular formula is C18H21ClN2O4S. The minimum Gasteiger partial charge on any atom is -0.494 e. The first-order valence-corrected chi connectivity index (χ1v) is 9.97. The number of hydrogen-bond donors (Lipinski definition) is 1. The zero-order valence-electron chi connectivity index (χ0n) is 14.6. The van der Waals surface area contributed by atoms with Gasteiger partial charge in [-0.1, -0.05) is 18.5 Å². The molecule has 8 heteroatoms. The van der Waals surface area contributed by atoms with Crippen molar-refractivity contribution in [3.8, 4) is 5.75 Å². The number of sulfonamides is 1. The Bertz CT molecular complexity index is 836. The lowest BCUT2D eigenvalue weighted by Gasteiger charge is -2.20. The second-order valence-electron chi connectivity index (χ2n) is 5.39. The second-order valence-corrected chi connectivity index (χ2v) is 7.77. The predicted molar refractivity (Wildman–Crippen MR) is 102 cm³/mol. The number of carbonyl (C=O) groups is 1. The molecule has 2 aromatic carbocycles. The number of likely N-dealkylation sites (N-methyl/N-ethyl adjacent to an activating group) is 1. The lowest BCUT2D eigenvalue weighted by molar-refractivity contribution is -0.116. The highest BCUT2D eigenvalue weighted by Gasteiger charge is 2.25. The third kappa shape index (κ3) is 5.20. The van der Waals surface area contributed by atoms with Gasteiger partial charge >= 0.3 is 0 Å². The average molecular weight is 397 g/mol. The summed E-state index contributed by atoms with van der Waals surface area (Å²) >= 11 is 5.80. The van der Waals surface area contributed by atoms with Gasteiger partial charge in [-0.15, -0.1) is 0 Å². The highest BCUT2D eigenvalue weighted by atomic mass is 35.5. The maximum atomic E-state index is 12.7. The van der Waals surface area contributed by atoms with Gasteiger partial charge in [-0.3, -0.25) is 4.79 Å². The normalized spacial score (nSPS) is 11.4. The van der Waals surface area contributed by atoms with Crippen LogP contribution in [-0.2, 0) is 14.8 Å². The molecule has 0 bridgehead atoms. The first-order valence-electron chi connectivity index (χ1n) is 8.15. The first-order chi connectivity index (χ1) is 12.4. The minimum atomic E-state index is -3.78. The summed E-state index contributed by atoms with van der Waals surface area (Å²) in [5.41, 5.74) is 0.568. The highest BCUT2D eigenvalue weighted by Crippen LogP contribution is 2.19. The van der Waals surface area contributed by atoms with Gasteiger partial charge in [0.2, 0.25) is 15.9 Å². The van der Waals surface area contributed by atoms with E-state index in [0.717, 1.165) is 4.31 Å². The Morgan fingerprint density at radius 2 is 1.69 bits per heavy atom. The molecule has 0 spiro atoms. The fourth-order valence-corrected chi connectivity index (χ4v) is 3.82. The molecule has 26 heavy (non-hydrogen) atoms. The largest absolute Gasteiger partial charge is 0.494 e. The lowest BCUT2D eigenvalue weighted by Crippen LogP contribution is -2.37. The molecule has 0 saturated heterocycles. The van der Waals surface area contributed by atoms with Crippen LogP contribution >= 0.6 is 11.6 Å². The van der Waals surface area contributed by atoms with Crippen molar-refractivity contribution in [1.82, 2.24) is 4.31 Å². The second kappa shape index (κ2) is 9.02. The molecule has 1 amide bonds. The van der Waals surface area contributed by atoms with Crippen LogP contribution in [0.5, 0.6) is 5.75 Å². The van der Waals surface area contributed by atoms with Gasteiger partial charge in [0.25, 0.3) is 0 Å². The van der Waals surface area contributed by atoms with Crippen LogP contribution in [0.1, 0.15) is 13.8 Å². The topological polar surface area (TPSA) is 75.7 Å². The van der Waals surface area contributed by atoms with Crippen LogP contribution in [0.4, 0.5) is 5.69 Å². The van der Waals surface area contributed by atoms with Crippen molar-refractivity contribution in [2.45, 2.75) is 18.7 Å². The van der Waals surface area contributed by atoms with Gasteiger partial charge in [0.1, 0.15) is 5.75 Å². The number of carbonyl (C=O) groups excluding carboxylic acids is 1. The lowest BCUT2D eigenvalue weighted by atomic mass is 10.3. The molecule has 1 N–H and O–H groups in total. The predicted octanol–water partition coefficient (Wildman–Crippen LogP) is 3.39. The maximum Gasteiger partial charge on any atom is 0.243 e. The Morgan fingerprint density at radius 3 is 2.23 bits per heavy atom. The molecule has 0 aliphatic rings. The zero-order chi connectivity index (χ0) is 19.2. The molecule has 0 unspecified atom stereocenters. The maximum absolute atomic E-state index is 12.7. The van der Waals surface area contributed by atoms with Crippen LogP contribution in [0.15, 0.2) is 53.4 Å². The van der Waals surface area contributed by atoms with Gasteiger partial charge in [0.15, 0.2) is 0 Å². The molecule has 0 saturated carbocycles. The molecule has 0 radical (unpaired) electrons. The molecule has 2 aromatic rings. The van der Waals surface area contributed by atoms with E-state index in [1.165, 1.54) is 24.3 Å². The molecule has 2 rings (SSSR count). The van der Waals surface area contributed by atoms with E-state index in [4.69, 9.17) is 16.3 Å². The van der Waals surface area contributed by atoms with Crippen LogP contribution in [0.2, 0.25) is 5.02 Å². The molecule has 140 valence electrons. The van der Waals surface area contributed by atoms with E-state index in [9.17, 15) is 13.2 Å². The molecule has 0 aliphatic carbocycles. The molecule has 0 fully saturated rings. The summed E-state index contributed by atoms with van der Waals surface area (Å²) in [6, 6.07) is 12.7. The molecule has 0 heterocycles. The molecule has 6 nitrogen and oxygen atoms in total. The van der Waals surface area contributed by atoms with E-state index in [1.807, 2.05) is 6.92 Å². The fraction of sp³-hybridized carbons (Fsp3) is 0.278. The average Bonchev–Trinajstić information content (AvgIpc) is 2.62. The molecule has 0 atom stereocenters. The van der Waals surface area contributed by atoms with Crippen molar-refractivity contribution in [3.05, 3.63) is 53.6 Å². The number of hydrogen-bond acceptors (Lipinski definition) is 4. The van der Waals surface area contributed by atoms with Crippen LogP contribution in [0.3, 0.4) is 0 Å². The van der Waals surface area contributed by atoms with Gasteiger partial charge in [0, 0.05) is 17.3 Å². The SMILES string of the molecule is CCOc1ccc(NC(=O)CN(CC)S(=O)(=O)c2ccc(Cl)cc2)cc1. The summed E-state index contributed by atoms with van der Waals surface area (Å²) < 4.78 is 31.8. The summed E-state index contributed by atoms with van der Waals surface area (Å²) in [6.45, 7) is 4.00. The molecule has 0 aliphatic heterocycles. The number of ether oxygens (including phenoxy) is 1. The van der Waals surface area contributed by atoms with E-state index in [0.29, 0.717) is 23.1 Å². The standard InChI is InChI=1S/C18H21ClN2O4S/c1-3-21(26(23,24)17-11-5-14(19)6-12-17)13-18(22)20-15-7-9-16(10-8-15)25-4-2/h5-12H,3-4,13H2,1-2H3,(H,20,22). The summed E-state index contributed by atoms with van der Waals surface area (Å²) in [7, 11) is -3.78. The molecule has 0 aromatic heterocycles. The van der Waals surface area contributed by atoms with Gasteiger partial charge < -0.3 is 10.1 Å². The highest BCUT2D eigenvalue weighted by molar-refractivity contribution is 7.89. The summed E-state index contributed by atoms with van der Waals surface area (Å²) in [5.74, 6) is 0.277. The number of anilines is 1. The summed E-state index contributed by atoms with van der Waals surface area (Å²) in [4.78, 5) is 12.3. The Kier molecular flexibility index (Phi) is 7.02. The number of nitrogens with one attached hydrogen (secondary N) is 1. The van der Waals surface area contributed by atoms with Crippen molar-refractivity contribution in [1.29, 1.82) is 0 Å². The number of rotatable bonds is 8. The van der Waals surface area contributed by atoms with Crippen LogP contribution in [0, 0.1) is 0 Å². The van der Waals surface area contributed by atoms with Crippen molar-refractivity contribution in [3.63, 3.8) is 0 Å². The van der Waals surface area contributed by atoms with Crippen LogP contribution in [-0.4, -0.2) is 38.3 Å². The van der Waals surface area contributed by atoms with E-state index >= 15 is 0 Å². The zero-order valence-corrected chi connectivity index (χ0v) is 16.2. The first kappa shape index (κ1) is 20.2. The van der Waals surface area contributed by atoms with Crippen LogP contribution < -0.4 is 10.1 Å². The van der Waals surface area contributed by atoms with E-state index < -0.39 is 15.9 Å². The van der Waals surface area contributed by atoms with Crippen molar-refractivity contribution < 1.29 is 17.9 Å². The number of halogens is 1. The number of nitrogens with zero attached hydrogens (tertiary/aromatic N) is 1. The van der Waals surface area contributed by atoms with Gasteiger partial charge in [-0.2, -0.15) is 4.31 Å². The Hall–Kier alpha value is -2.09. The van der Waals surface area contributed by atoms with E-state index in [-0.39, 0.29) is 18.0 Å². The van der Waals surface area contributed by atoms with Gasteiger partial charge in [0.05, 0.1) is 18.0 Å². The fourth-order valence-electron chi connectivity index (χ4n) is 2.28. The van der Waals surface area contributed by atoms with Gasteiger partial charge in [-0.05, 0) is 55.5 Å². The van der Waals surface area contributed by atoms with Crippen molar-refractivity contribution in [2.75, 3.05) is 25.0 Å². The minimum absolute atomic E-state index is 0.0950. The third-order valence-electron chi connectivity index (χ3n) is 3.57. The van der Waals surface area contributed by atoms with Gasteiger partial charge in [-0.25, -0.2) is 8.42 Å². The Balaban J connectivity index is 2.06. The quantitative estimate of drug-likeness (QED) is 0.742.